The Hall–Kier alpha value is -3.25. The molecule has 6 heteroatoms. The van der Waals surface area contributed by atoms with Crippen molar-refractivity contribution < 1.29 is 9.72 Å². The Morgan fingerprint density at radius 3 is 2.69 bits per heavy atom. The van der Waals surface area contributed by atoms with Crippen molar-refractivity contribution in [2.45, 2.75) is 6.54 Å². The van der Waals surface area contributed by atoms with E-state index >= 15 is 0 Å². The van der Waals surface area contributed by atoms with E-state index in [4.69, 9.17) is 4.74 Å². The molecule has 0 aliphatic carbocycles. The Bertz CT molecular complexity index is 1220. The number of rotatable bonds is 4. The average molecular weight is 348 g/mol. The highest BCUT2D eigenvalue weighted by Crippen LogP contribution is 2.27. The number of nitrogens with zero attached hydrogens (tertiary/aromatic N) is 1. The van der Waals surface area contributed by atoms with E-state index in [2.05, 4.69) is 9.97 Å². The second kappa shape index (κ2) is 6.57. The molecular weight excluding hydrogens is 330 g/mol. The Morgan fingerprint density at radius 1 is 1.08 bits per heavy atom. The lowest BCUT2D eigenvalue weighted by Gasteiger charge is -2.07. The lowest BCUT2D eigenvalue weighted by molar-refractivity contribution is -0.349. The van der Waals surface area contributed by atoms with Crippen molar-refractivity contribution in [2.24, 2.45) is 0 Å². The van der Waals surface area contributed by atoms with Crippen LogP contribution in [0.2, 0.25) is 0 Å². The van der Waals surface area contributed by atoms with E-state index in [1.54, 1.807) is 13.3 Å². The lowest BCUT2D eigenvalue weighted by atomic mass is 10.00. The summed E-state index contributed by atoms with van der Waals surface area (Å²) >= 11 is 0. The number of fused-ring (bicyclic) bond motifs is 2. The molecule has 0 bridgehead atoms. The minimum Gasteiger partial charge on any atom is -0.381 e. The summed E-state index contributed by atoms with van der Waals surface area (Å²) in [6, 6.07) is 16.0. The fourth-order valence-corrected chi connectivity index (χ4v) is 3.25. The standard InChI is InChI=1S/C20H17N3O3/c1-26-11-10-23-18-17(19(24)22-20(23)25)16(8-9-21-18)15-7-6-13-4-2-3-5-14(13)12-15/h2-9,12H,10-11H2,1H3,(H,22,24,25)/p+1. The second-order valence-electron chi connectivity index (χ2n) is 6.08. The Morgan fingerprint density at radius 2 is 1.88 bits per heavy atom. The molecular formula is C20H18N3O3+. The van der Waals surface area contributed by atoms with Gasteiger partial charge in [0.15, 0.2) is 0 Å². The average Bonchev–Trinajstić information content (AvgIpc) is 2.67. The van der Waals surface area contributed by atoms with Crippen molar-refractivity contribution in [1.29, 1.82) is 0 Å². The van der Waals surface area contributed by atoms with Gasteiger partial charge in [0.1, 0.15) is 11.9 Å². The smallest absolute Gasteiger partial charge is 0.381 e. The van der Waals surface area contributed by atoms with Gasteiger partial charge in [0.25, 0.3) is 11.2 Å². The molecule has 2 aromatic heterocycles. The van der Waals surface area contributed by atoms with Crippen LogP contribution in [0.15, 0.2) is 64.3 Å². The summed E-state index contributed by atoms with van der Waals surface area (Å²) < 4.78 is 6.57. The zero-order valence-electron chi connectivity index (χ0n) is 14.3. The van der Waals surface area contributed by atoms with Gasteiger partial charge in [-0.15, -0.1) is 0 Å². The van der Waals surface area contributed by atoms with Crippen LogP contribution >= 0.6 is 0 Å². The summed E-state index contributed by atoms with van der Waals surface area (Å²) in [7, 11) is 1.57. The van der Waals surface area contributed by atoms with Gasteiger partial charge in [-0.2, -0.15) is 4.57 Å². The van der Waals surface area contributed by atoms with E-state index < -0.39 is 11.2 Å². The molecule has 0 spiro atoms. The van der Waals surface area contributed by atoms with Gasteiger partial charge in [-0.3, -0.25) is 9.78 Å². The third kappa shape index (κ3) is 2.70. The predicted molar refractivity (Wildman–Crippen MR) is 100 cm³/mol. The molecule has 0 aliphatic rings. The van der Waals surface area contributed by atoms with Crippen molar-refractivity contribution in [3.05, 3.63) is 75.6 Å². The highest BCUT2D eigenvalue weighted by Gasteiger charge is 2.19. The van der Waals surface area contributed by atoms with Gasteiger partial charge in [0, 0.05) is 12.7 Å². The monoisotopic (exact) mass is 348 g/mol. The molecule has 26 heavy (non-hydrogen) atoms. The molecule has 4 rings (SSSR count). The number of pyridine rings is 1. The number of H-pyrrole nitrogens is 2. The van der Waals surface area contributed by atoms with Crippen molar-refractivity contribution in [2.75, 3.05) is 13.7 Å². The zero-order chi connectivity index (χ0) is 18.1. The molecule has 0 unspecified atom stereocenters. The summed E-state index contributed by atoms with van der Waals surface area (Å²) in [5.41, 5.74) is 1.33. The second-order valence-corrected chi connectivity index (χ2v) is 6.08. The van der Waals surface area contributed by atoms with E-state index in [1.807, 2.05) is 48.5 Å². The molecule has 6 nitrogen and oxygen atoms in total. The first-order chi connectivity index (χ1) is 12.7. The fourth-order valence-electron chi connectivity index (χ4n) is 3.25. The maximum atomic E-state index is 12.6. The number of methoxy groups -OCH3 is 1. The number of hydrogen-bond donors (Lipinski definition) is 1. The van der Waals surface area contributed by atoms with Gasteiger partial charge < -0.3 is 4.74 Å². The van der Waals surface area contributed by atoms with Crippen LogP contribution in [-0.2, 0) is 11.3 Å². The first-order valence-corrected chi connectivity index (χ1v) is 8.34. The first kappa shape index (κ1) is 16.2. The third-order valence-electron chi connectivity index (χ3n) is 4.52. The van der Waals surface area contributed by atoms with Crippen LogP contribution < -0.4 is 16.2 Å². The maximum absolute atomic E-state index is 12.6. The minimum atomic E-state index is -0.452. The number of hydrogen-bond acceptors (Lipinski definition) is 3. The van der Waals surface area contributed by atoms with Crippen molar-refractivity contribution >= 4 is 21.8 Å². The number of aromatic amines is 2. The van der Waals surface area contributed by atoms with Crippen molar-refractivity contribution in [3.8, 4) is 11.1 Å². The molecule has 2 heterocycles. The van der Waals surface area contributed by atoms with Gasteiger partial charge in [-0.25, -0.2) is 9.78 Å². The molecule has 2 aromatic carbocycles. The molecule has 0 saturated heterocycles. The highest BCUT2D eigenvalue weighted by atomic mass is 16.5. The quantitative estimate of drug-likeness (QED) is 0.612. The number of ether oxygens (including phenoxy) is 1. The molecule has 4 aromatic rings. The largest absolute Gasteiger partial charge is 0.415 e. The van der Waals surface area contributed by atoms with E-state index in [1.165, 1.54) is 4.57 Å². The summed E-state index contributed by atoms with van der Waals surface area (Å²) in [5.74, 6) is 0. The number of aromatic nitrogens is 3. The Balaban J connectivity index is 2.00. The van der Waals surface area contributed by atoms with Gasteiger partial charge in [-0.1, -0.05) is 36.4 Å². The Labute approximate surface area is 148 Å². The predicted octanol–water partition coefficient (Wildman–Crippen LogP) is 1.97. The minimum absolute atomic E-state index is 0.348. The zero-order valence-corrected chi connectivity index (χ0v) is 14.3. The van der Waals surface area contributed by atoms with Crippen LogP contribution in [0, 0.1) is 0 Å². The highest BCUT2D eigenvalue weighted by molar-refractivity contribution is 5.94. The molecule has 0 saturated carbocycles. The number of benzene rings is 2. The Kier molecular flexibility index (Phi) is 4.10. The molecule has 130 valence electrons. The van der Waals surface area contributed by atoms with Crippen LogP contribution in [0.25, 0.3) is 32.9 Å². The molecule has 0 fully saturated rings. The van der Waals surface area contributed by atoms with Crippen LogP contribution in [0.3, 0.4) is 0 Å². The summed E-state index contributed by atoms with van der Waals surface area (Å²) in [6.07, 6.45) is 1.75. The van der Waals surface area contributed by atoms with E-state index in [0.717, 1.165) is 21.9 Å². The van der Waals surface area contributed by atoms with Gasteiger partial charge in [0.05, 0.1) is 12.8 Å². The van der Waals surface area contributed by atoms with E-state index in [0.29, 0.717) is 24.2 Å². The first-order valence-electron chi connectivity index (χ1n) is 8.34. The summed E-state index contributed by atoms with van der Waals surface area (Å²) in [4.78, 5) is 30.2. The molecule has 0 atom stereocenters. The van der Waals surface area contributed by atoms with E-state index in [-0.39, 0.29) is 0 Å². The van der Waals surface area contributed by atoms with Crippen LogP contribution in [0.1, 0.15) is 0 Å². The van der Waals surface area contributed by atoms with Crippen LogP contribution in [0.5, 0.6) is 0 Å². The molecule has 2 N–H and O–H groups in total. The number of nitrogens with one attached hydrogen (secondary N) is 2. The van der Waals surface area contributed by atoms with Crippen LogP contribution in [0.4, 0.5) is 0 Å². The van der Waals surface area contributed by atoms with E-state index in [9.17, 15) is 9.59 Å². The van der Waals surface area contributed by atoms with Crippen LogP contribution in [-0.4, -0.2) is 23.3 Å². The SMILES string of the molecule is COCCn1c(=O)[nH]c(=O)c2c(-c3ccc4ccccc4c3)cc[nH+]c21. The summed E-state index contributed by atoms with van der Waals surface area (Å²) in [6.45, 7) is 0.718. The molecule has 0 aliphatic heterocycles. The van der Waals surface area contributed by atoms with Crippen molar-refractivity contribution in [1.82, 2.24) is 9.55 Å². The van der Waals surface area contributed by atoms with Gasteiger partial charge in [0.2, 0.25) is 0 Å². The summed E-state index contributed by atoms with van der Waals surface area (Å²) in [5, 5.41) is 2.68. The molecule has 0 amide bonds. The third-order valence-corrected chi connectivity index (χ3v) is 4.52. The maximum Gasteiger partial charge on any atom is 0.415 e. The fraction of sp³-hybridized carbons (Fsp3) is 0.150. The normalized spacial score (nSPS) is 11.3. The lowest BCUT2D eigenvalue weighted by Crippen LogP contribution is -2.34. The van der Waals surface area contributed by atoms with Gasteiger partial charge >= 0.3 is 5.69 Å². The topological polar surface area (TPSA) is 78.2 Å². The van der Waals surface area contributed by atoms with Crippen molar-refractivity contribution in [3.63, 3.8) is 0 Å². The molecule has 0 radical (unpaired) electrons. The van der Waals surface area contributed by atoms with Gasteiger partial charge in [-0.05, 0) is 28.5 Å².